The van der Waals surface area contributed by atoms with Gasteiger partial charge in [0.1, 0.15) is 11.2 Å². The van der Waals surface area contributed by atoms with Gasteiger partial charge in [0.15, 0.2) is 17.5 Å². The Morgan fingerprint density at radius 3 is 2.21 bits per heavy atom. The Kier molecular flexibility index (Phi) is 6.51. The molecule has 5 heteroatoms. The molecule has 0 spiro atoms. The van der Waals surface area contributed by atoms with Gasteiger partial charge >= 0.3 is 0 Å². The van der Waals surface area contributed by atoms with Crippen molar-refractivity contribution < 1.29 is 4.42 Å². The maximum atomic E-state index is 6.59. The predicted molar refractivity (Wildman–Crippen MR) is 216 cm³/mol. The van der Waals surface area contributed by atoms with E-state index in [0.717, 1.165) is 56.9 Å². The van der Waals surface area contributed by atoms with Gasteiger partial charge in [0.05, 0.1) is 0 Å². The number of furan rings is 1. The van der Waals surface area contributed by atoms with Crippen LogP contribution in [0.2, 0.25) is 0 Å². The van der Waals surface area contributed by atoms with Gasteiger partial charge < -0.3 is 4.42 Å². The van der Waals surface area contributed by atoms with Crippen LogP contribution in [-0.2, 0) is 6.42 Å². The fraction of sp³-hybridized carbons (Fsp3) is 0.0426. The molecule has 7 aromatic carbocycles. The lowest BCUT2D eigenvalue weighted by atomic mass is 9.88. The third-order valence-electron chi connectivity index (χ3n) is 10.4. The van der Waals surface area contributed by atoms with Crippen molar-refractivity contribution in [1.82, 2.24) is 15.0 Å². The molecule has 1 aliphatic carbocycles. The van der Waals surface area contributed by atoms with Crippen molar-refractivity contribution in [3.8, 4) is 34.2 Å². The number of hydrogen-bond donors (Lipinski definition) is 0. The molecule has 244 valence electrons. The van der Waals surface area contributed by atoms with Gasteiger partial charge in [-0.25, -0.2) is 15.0 Å². The van der Waals surface area contributed by atoms with E-state index in [2.05, 4.69) is 140 Å². The minimum atomic E-state index is 0.621. The first-order valence-corrected chi connectivity index (χ1v) is 18.5. The van der Waals surface area contributed by atoms with Crippen molar-refractivity contribution >= 4 is 75.9 Å². The Hall–Kier alpha value is -6.43. The van der Waals surface area contributed by atoms with Crippen LogP contribution >= 0.6 is 11.3 Å². The summed E-state index contributed by atoms with van der Waals surface area (Å²) in [5, 5.41) is 6.84. The molecule has 3 heterocycles. The molecule has 4 nitrogen and oxygen atoms in total. The predicted octanol–water partition coefficient (Wildman–Crippen LogP) is 12.8. The Balaban J connectivity index is 1.12. The Morgan fingerprint density at radius 1 is 0.500 bits per heavy atom. The van der Waals surface area contributed by atoms with Crippen LogP contribution in [0.25, 0.3) is 98.7 Å². The van der Waals surface area contributed by atoms with Crippen molar-refractivity contribution in [2.45, 2.75) is 12.8 Å². The Morgan fingerprint density at radius 2 is 1.25 bits per heavy atom. The molecule has 0 saturated heterocycles. The van der Waals surface area contributed by atoms with Gasteiger partial charge in [-0.3, -0.25) is 0 Å². The van der Waals surface area contributed by atoms with Gasteiger partial charge in [-0.2, -0.15) is 0 Å². The van der Waals surface area contributed by atoms with E-state index in [4.69, 9.17) is 19.4 Å². The summed E-state index contributed by atoms with van der Waals surface area (Å²) in [6, 6.07) is 51.3. The molecule has 3 aromatic heterocycles. The van der Waals surface area contributed by atoms with Crippen molar-refractivity contribution in [2.75, 3.05) is 0 Å². The lowest BCUT2D eigenvalue weighted by Crippen LogP contribution is -2.00. The first-order valence-electron chi connectivity index (χ1n) is 17.6. The van der Waals surface area contributed by atoms with Crippen molar-refractivity contribution in [3.05, 3.63) is 162 Å². The average Bonchev–Trinajstić information content (AvgIpc) is 3.78. The van der Waals surface area contributed by atoms with Crippen LogP contribution in [0.4, 0.5) is 0 Å². The van der Waals surface area contributed by atoms with Gasteiger partial charge in [0.25, 0.3) is 0 Å². The third-order valence-corrected chi connectivity index (χ3v) is 11.7. The van der Waals surface area contributed by atoms with E-state index in [-0.39, 0.29) is 0 Å². The van der Waals surface area contributed by atoms with E-state index in [1.54, 1.807) is 11.3 Å². The second-order valence-electron chi connectivity index (χ2n) is 13.5. The molecule has 52 heavy (non-hydrogen) atoms. The molecule has 11 rings (SSSR count). The molecule has 0 bridgehead atoms. The third kappa shape index (κ3) is 4.70. The molecular formula is C47H29N3OS. The van der Waals surface area contributed by atoms with Gasteiger partial charge in [-0.1, -0.05) is 115 Å². The van der Waals surface area contributed by atoms with Crippen LogP contribution in [-0.4, -0.2) is 15.0 Å². The number of allylic oxidation sites excluding steroid dienone is 1. The summed E-state index contributed by atoms with van der Waals surface area (Å²) in [6.07, 6.45) is 4.37. The molecule has 10 aromatic rings. The first kappa shape index (κ1) is 29.3. The largest absolute Gasteiger partial charge is 0.456 e. The molecular weight excluding hydrogens is 655 g/mol. The number of nitrogens with zero attached hydrogens (tertiary/aromatic N) is 3. The van der Waals surface area contributed by atoms with Crippen LogP contribution in [0.5, 0.6) is 0 Å². The smallest absolute Gasteiger partial charge is 0.165 e. The van der Waals surface area contributed by atoms with Crippen LogP contribution in [0, 0.1) is 0 Å². The molecule has 1 aliphatic rings. The molecule has 0 unspecified atom stereocenters. The number of rotatable bonds is 4. The second-order valence-corrected chi connectivity index (χ2v) is 14.6. The minimum absolute atomic E-state index is 0.621. The highest BCUT2D eigenvalue weighted by molar-refractivity contribution is 7.26. The zero-order chi connectivity index (χ0) is 34.2. The number of aromatic nitrogens is 3. The standard InChI is InChI=1S/C47H29N3OS/c1-3-11-30-25-32(21-19-28(30)9-1)33-23-24-37-41(27-33)51-40-17-8-15-38(43(37)40)46-48-45(34-22-20-29-10-2-4-12-31(29)26-34)49-47(50-46)39-16-7-14-36-35-13-5-6-18-42(35)52-44(36)39/h1-18,20,22-27H,19,21H2. The van der Waals surface area contributed by atoms with Crippen LogP contribution in [0.15, 0.2) is 150 Å². The summed E-state index contributed by atoms with van der Waals surface area (Å²) >= 11 is 1.78. The summed E-state index contributed by atoms with van der Waals surface area (Å²) in [6.45, 7) is 0. The number of hydrogen-bond acceptors (Lipinski definition) is 5. The van der Waals surface area contributed by atoms with E-state index in [1.165, 1.54) is 47.8 Å². The van der Waals surface area contributed by atoms with Gasteiger partial charge in [-0.05, 0) is 82.3 Å². The lowest BCUT2D eigenvalue weighted by molar-refractivity contribution is 0.669. The summed E-state index contributed by atoms with van der Waals surface area (Å²) in [4.78, 5) is 15.7. The van der Waals surface area contributed by atoms with Crippen LogP contribution < -0.4 is 0 Å². The SMILES string of the molecule is C1=C(c2ccc3c(c2)oc2cccc(-c4nc(-c5ccc6ccccc6c5)nc(-c5cccc6c5sc5ccccc56)n4)c23)CCc2ccccc21. The molecule has 0 fully saturated rings. The normalized spacial score (nSPS) is 13.0. The van der Waals surface area contributed by atoms with Crippen LogP contribution in [0.3, 0.4) is 0 Å². The molecule has 0 amide bonds. The quantitative estimate of drug-likeness (QED) is 0.185. The topological polar surface area (TPSA) is 51.8 Å². The van der Waals surface area contributed by atoms with E-state index in [9.17, 15) is 0 Å². The van der Waals surface area contributed by atoms with Gasteiger partial charge in [0.2, 0.25) is 0 Å². The molecule has 0 radical (unpaired) electrons. The molecule has 0 N–H and O–H groups in total. The maximum absolute atomic E-state index is 6.59. The fourth-order valence-corrected chi connectivity index (χ4v) is 9.08. The van der Waals surface area contributed by atoms with Gasteiger partial charge in [-0.15, -0.1) is 11.3 Å². The highest BCUT2D eigenvalue weighted by Crippen LogP contribution is 2.42. The van der Waals surface area contributed by atoms with Crippen molar-refractivity contribution in [2.24, 2.45) is 0 Å². The maximum Gasteiger partial charge on any atom is 0.165 e. The lowest BCUT2D eigenvalue weighted by Gasteiger charge is -2.16. The summed E-state index contributed by atoms with van der Waals surface area (Å²) in [5.74, 6) is 1.91. The van der Waals surface area contributed by atoms with Crippen LogP contribution in [0.1, 0.15) is 23.1 Å². The van der Waals surface area contributed by atoms with Crippen molar-refractivity contribution in [3.63, 3.8) is 0 Å². The molecule has 0 saturated carbocycles. The van der Waals surface area contributed by atoms with E-state index in [1.807, 2.05) is 12.1 Å². The number of fused-ring (bicyclic) bond motifs is 8. The summed E-state index contributed by atoms with van der Waals surface area (Å²) in [7, 11) is 0. The summed E-state index contributed by atoms with van der Waals surface area (Å²) in [5.41, 5.74) is 9.78. The van der Waals surface area contributed by atoms with Gasteiger partial charge in [0, 0.05) is 47.6 Å². The fourth-order valence-electron chi connectivity index (χ4n) is 7.87. The molecule has 0 atom stereocenters. The zero-order valence-electron chi connectivity index (χ0n) is 28.0. The average molecular weight is 684 g/mol. The Bertz CT molecular complexity index is 3100. The minimum Gasteiger partial charge on any atom is -0.456 e. The Labute approximate surface area is 303 Å². The van der Waals surface area contributed by atoms with E-state index < -0.39 is 0 Å². The number of aryl methyl sites for hydroxylation is 1. The van der Waals surface area contributed by atoms with Crippen molar-refractivity contribution in [1.29, 1.82) is 0 Å². The zero-order valence-corrected chi connectivity index (χ0v) is 28.8. The number of benzene rings is 7. The first-order chi connectivity index (χ1) is 25.7. The summed E-state index contributed by atoms with van der Waals surface area (Å²) < 4.78 is 9.01. The number of thiophene rings is 1. The highest BCUT2D eigenvalue weighted by atomic mass is 32.1. The molecule has 0 aliphatic heterocycles. The highest BCUT2D eigenvalue weighted by Gasteiger charge is 2.21. The second kappa shape index (κ2) is 11.6. The van der Waals surface area contributed by atoms with E-state index >= 15 is 0 Å². The van der Waals surface area contributed by atoms with E-state index in [0.29, 0.717) is 17.5 Å². The monoisotopic (exact) mass is 683 g/mol.